The molecule has 2 N–H and O–H groups in total. The molecule has 0 radical (unpaired) electrons. The van der Waals surface area contributed by atoms with Gasteiger partial charge in [0.05, 0.1) is 11.9 Å². The van der Waals surface area contributed by atoms with E-state index in [1.807, 2.05) is 42.5 Å². The molecule has 3 aromatic rings. The summed E-state index contributed by atoms with van der Waals surface area (Å²) in [6.45, 7) is 7.95. The van der Waals surface area contributed by atoms with Gasteiger partial charge in [0.25, 0.3) is 5.91 Å². The maximum atomic E-state index is 12.4. The first-order chi connectivity index (χ1) is 13.7. The first kappa shape index (κ1) is 20.3. The van der Waals surface area contributed by atoms with E-state index in [1.165, 1.54) is 12.5 Å². The fourth-order valence-electron chi connectivity index (χ4n) is 2.81. The van der Waals surface area contributed by atoms with E-state index >= 15 is 0 Å². The Morgan fingerprint density at radius 3 is 1.90 bits per heavy atom. The number of pyridine rings is 1. The number of anilines is 3. The Labute approximate surface area is 171 Å². The number of carbonyl (C=O) groups is 2. The van der Waals surface area contributed by atoms with E-state index < -0.39 is 0 Å². The van der Waals surface area contributed by atoms with Crippen LogP contribution in [0.2, 0.25) is 0 Å². The molecule has 0 bridgehead atoms. The predicted molar refractivity (Wildman–Crippen MR) is 117 cm³/mol. The number of hydrogen-bond donors (Lipinski definition) is 2. The van der Waals surface area contributed by atoms with Crippen LogP contribution in [0.5, 0.6) is 0 Å². The van der Waals surface area contributed by atoms with Gasteiger partial charge in [-0.05, 0) is 66.4 Å². The van der Waals surface area contributed by atoms with E-state index in [1.54, 1.807) is 24.4 Å². The van der Waals surface area contributed by atoms with Gasteiger partial charge in [-0.2, -0.15) is 0 Å². The van der Waals surface area contributed by atoms with Crippen LogP contribution in [0.15, 0.2) is 66.9 Å². The molecule has 1 amide bonds. The number of aromatic nitrogens is 1. The fraction of sp³-hybridized carbons (Fsp3) is 0.208. The molecular weight excluding hydrogens is 362 g/mol. The normalized spacial score (nSPS) is 11.0. The Morgan fingerprint density at radius 2 is 1.38 bits per heavy atom. The SMILES string of the molecule is CC(=O)c1ccc(Nc2ccc(NC(=O)c3ccc(C(C)(C)C)cc3)nc2)cc1. The number of nitrogens with zero attached hydrogens (tertiary/aromatic N) is 1. The van der Waals surface area contributed by atoms with Gasteiger partial charge in [0.15, 0.2) is 5.78 Å². The summed E-state index contributed by atoms with van der Waals surface area (Å²) < 4.78 is 0. The Balaban J connectivity index is 1.62. The van der Waals surface area contributed by atoms with Crippen molar-refractivity contribution in [2.24, 2.45) is 0 Å². The Kier molecular flexibility index (Phi) is 5.78. The molecule has 148 valence electrons. The zero-order chi connectivity index (χ0) is 21.0. The summed E-state index contributed by atoms with van der Waals surface area (Å²) in [4.78, 5) is 28.1. The van der Waals surface area contributed by atoms with Crippen molar-refractivity contribution in [2.45, 2.75) is 33.1 Å². The quantitative estimate of drug-likeness (QED) is 0.561. The third-order valence-corrected chi connectivity index (χ3v) is 4.60. The second-order valence-electron chi connectivity index (χ2n) is 7.97. The summed E-state index contributed by atoms with van der Waals surface area (Å²) >= 11 is 0. The molecule has 0 aliphatic heterocycles. The van der Waals surface area contributed by atoms with Crippen LogP contribution in [0.3, 0.4) is 0 Å². The molecule has 0 saturated heterocycles. The van der Waals surface area contributed by atoms with E-state index in [0.717, 1.165) is 11.4 Å². The molecule has 0 saturated carbocycles. The van der Waals surface area contributed by atoms with Gasteiger partial charge in [-0.1, -0.05) is 32.9 Å². The van der Waals surface area contributed by atoms with E-state index in [0.29, 0.717) is 16.9 Å². The van der Waals surface area contributed by atoms with Crippen molar-refractivity contribution in [3.8, 4) is 0 Å². The summed E-state index contributed by atoms with van der Waals surface area (Å²) in [7, 11) is 0. The van der Waals surface area contributed by atoms with Gasteiger partial charge in [-0.15, -0.1) is 0 Å². The number of Topliss-reactive ketones (excluding diaryl/α,β-unsaturated/α-hetero) is 1. The zero-order valence-corrected chi connectivity index (χ0v) is 17.1. The maximum absolute atomic E-state index is 12.4. The number of nitrogens with one attached hydrogen (secondary N) is 2. The predicted octanol–water partition coefficient (Wildman–Crippen LogP) is 5.58. The number of carbonyl (C=O) groups excluding carboxylic acids is 2. The average Bonchev–Trinajstić information content (AvgIpc) is 2.69. The van der Waals surface area contributed by atoms with Gasteiger partial charge in [0, 0.05) is 16.8 Å². The van der Waals surface area contributed by atoms with E-state index in [9.17, 15) is 9.59 Å². The lowest BCUT2D eigenvalue weighted by molar-refractivity contribution is 0.101. The van der Waals surface area contributed by atoms with Crippen molar-refractivity contribution < 1.29 is 9.59 Å². The van der Waals surface area contributed by atoms with Crippen LogP contribution in [0.4, 0.5) is 17.2 Å². The standard InChI is InChI=1S/C24H25N3O2/c1-16(28)17-7-11-20(12-8-17)26-21-13-14-22(25-15-21)27-23(29)18-5-9-19(10-6-18)24(2,3)4/h5-15,26H,1-4H3,(H,25,27,29). The minimum absolute atomic E-state index is 0.0337. The van der Waals surface area contributed by atoms with Gasteiger partial charge in [0.1, 0.15) is 5.82 Å². The molecule has 2 aromatic carbocycles. The lowest BCUT2D eigenvalue weighted by Crippen LogP contribution is -2.15. The molecule has 1 heterocycles. The molecule has 0 spiro atoms. The summed E-state index contributed by atoms with van der Waals surface area (Å²) in [5, 5.41) is 6.03. The van der Waals surface area contributed by atoms with Crippen molar-refractivity contribution in [3.63, 3.8) is 0 Å². The Morgan fingerprint density at radius 1 is 0.793 bits per heavy atom. The highest BCUT2D eigenvalue weighted by Gasteiger charge is 2.14. The van der Waals surface area contributed by atoms with Gasteiger partial charge in [-0.25, -0.2) is 4.98 Å². The smallest absolute Gasteiger partial charge is 0.256 e. The van der Waals surface area contributed by atoms with Crippen molar-refractivity contribution >= 4 is 28.9 Å². The molecule has 0 fully saturated rings. The number of hydrogen-bond acceptors (Lipinski definition) is 4. The number of rotatable bonds is 5. The first-order valence-corrected chi connectivity index (χ1v) is 9.48. The Hall–Kier alpha value is -3.47. The van der Waals surface area contributed by atoms with Crippen LogP contribution in [0, 0.1) is 0 Å². The van der Waals surface area contributed by atoms with Crippen molar-refractivity contribution in [3.05, 3.63) is 83.6 Å². The lowest BCUT2D eigenvalue weighted by atomic mass is 9.87. The fourth-order valence-corrected chi connectivity index (χ4v) is 2.81. The van der Waals surface area contributed by atoms with Crippen LogP contribution in [-0.4, -0.2) is 16.7 Å². The van der Waals surface area contributed by atoms with Crippen molar-refractivity contribution in [1.29, 1.82) is 0 Å². The largest absolute Gasteiger partial charge is 0.354 e. The van der Waals surface area contributed by atoms with E-state index in [4.69, 9.17) is 0 Å². The molecule has 29 heavy (non-hydrogen) atoms. The summed E-state index contributed by atoms with van der Waals surface area (Å²) in [6, 6.07) is 18.4. The van der Waals surface area contributed by atoms with E-state index in [2.05, 4.69) is 36.4 Å². The van der Waals surface area contributed by atoms with Gasteiger partial charge < -0.3 is 10.6 Å². The molecular formula is C24H25N3O2. The highest BCUT2D eigenvalue weighted by atomic mass is 16.1. The molecule has 1 aromatic heterocycles. The highest BCUT2D eigenvalue weighted by molar-refractivity contribution is 6.03. The monoisotopic (exact) mass is 387 g/mol. The van der Waals surface area contributed by atoms with Gasteiger partial charge in [0.2, 0.25) is 0 Å². The third kappa shape index (κ3) is 5.29. The molecule has 5 nitrogen and oxygen atoms in total. The number of ketones is 1. The average molecular weight is 387 g/mol. The second kappa shape index (κ2) is 8.27. The van der Waals surface area contributed by atoms with Crippen LogP contribution < -0.4 is 10.6 Å². The third-order valence-electron chi connectivity index (χ3n) is 4.60. The number of benzene rings is 2. The van der Waals surface area contributed by atoms with Crippen molar-refractivity contribution in [1.82, 2.24) is 4.98 Å². The topological polar surface area (TPSA) is 71.1 Å². The van der Waals surface area contributed by atoms with Crippen molar-refractivity contribution in [2.75, 3.05) is 10.6 Å². The molecule has 5 heteroatoms. The first-order valence-electron chi connectivity index (χ1n) is 9.48. The van der Waals surface area contributed by atoms with Crippen LogP contribution in [-0.2, 0) is 5.41 Å². The minimum Gasteiger partial charge on any atom is -0.354 e. The van der Waals surface area contributed by atoms with Gasteiger partial charge in [-0.3, -0.25) is 9.59 Å². The van der Waals surface area contributed by atoms with Crippen LogP contribution in [0.25, 0.3) is 0 Å². The molecule has 0 aliphatic rings. The maximum Gasteiger partial charge on any atom is 0.256 e. The molecule has 0 atom stereocenters. The molecule has 0 unspecified atom stereocenters. The Bertz CT molecular complexity index is 1000. The minimum atomic E-state index is -0.196. The molecule has 3 rings (SSSR count). The lowest BCUT2D eigenvalue weighted by Gasteiger charge is -2.19. The zero-order valence-electron chi connectivity index (χ0n) is 17.1. The van der Waals surface area contributed by atoms with Crippen LogP contribution >= 0.6 is 0 Å². The van der Waals surface area contributed by atoms with E-state index in [-0.39, 0.29) is 17.1 Å². The molecule has 0 aliphatic carbocycles. The number of amides is 1. The summed E-state index contributed by atoms with van der Waals surface area (Å²) in [5.41, 5.74) is 4.13. The van der Waals surface area contributed by atoms with Gasteiger partial charge >= 0.3 is 0 Å². The second-order valence-corrected chi connectivity index (χ2v) is 7.97. The summed E-state index contributed by atoms with van der Waals surface area (Å²) in [5.74, 6) is 0.317. The summed E-state index contributed by atoms with van der Waals surface area (Å²) in [6.07, 6.45) is 1.65. The highest BCUT2D eigenvalue weighted by Crippen LogP contribution is 2.23. The van der Waals surface area contributed by atoms with Crippen LogP contribution in [0.1, 0.15) is 54.0 Å².